The predicted molar refractivity (Wildman–Crippen MR) is 155 cm³/mol. The van der Waals surface area contributed by atoms with E-state index in [1.165, 1.54) is 35.6 Å². The largest absolute Gasteiger partial charge is 0.300 e. The molecule has 0 saturated heterocycles. The van der Waals surface area contributed by atoms with Gasteiger partial charge in [0.2, 0.25) is 0 Å². The van der Waals surface area contributed by atoms with Crippen molar-refractivity contribution in [3.63, 3.8) is 0 Å². The lowest BCUT2D eigenvalue weighted by Gasteiger charge is -2.32. The van der Waals surface area contributed by atoms with Crippen molar-refractivity contribution in [1.82, 2.24) is 0 Å². The molecular weight excluding hydrogens is 456 g/mol. The smallest absolute Gasteiger partial charge is 0.163 e. The summed E-state index contributed by atoms with van der Waals surface area (Å²) in [5, 5.41) is 0. The highest BCUT2D eigenvalue weighted by Crippen LogP contribution is 2.40. The van der Waals surface area contributed by atoms with Crippen molar-refractivity contribution in [2.45, 2.75) is 107 Å². The molecule has 1 aliphatic rings. The van der Waals surface area contributed by atoms with Crippen molar-refractivity contribution in [1.29, 1.82) is 0 Å². The SMILES string of the molecule is CCC.CCCC(CC1CC(=O)c2c(C)ccc(-c3cc(C)cc(C)c3)c2C1)C(CC)C(=O)CC(C)=O. The Labute approximate surface area is 225 Å². The second-order valence-corrected chi connectivity index (χ2v) is 11.2. The Bertz CT molecular complexity index is 1070. The van der Waals surface area contributed by atoms with E-state index in [1.807, 2.05) is 13.8 Å². The Balaban J connectivity index is 0.00000153. The molecule has 0 bridgehead atoms. The third kappa shape index (κ3) is 8.22. The maximum absolute atomic E-state index is 13.4. The maximum Gasteiger partial charge on any atom is 0.163 e. The summed E-state index contributed by atoms with van der Waals surface area (Å²) >= 11 is 0. The second kappa shape index (κ2) is 14.4. The lowest BCUT2D eigenvalue weighted by atomic mass is 9.71. The van der Waals surface area contributed by atoms with Gasteiger partial charge in [0.05, 0.1) is 6.42 Å². The lowest BCUT2D eigenvalue weighted by Crippen LogP contribution is -2.30. The molecule has 0 amide bonds. The van der Waals surface area contributed by atoms with E-state index >= 15 is 0 Å². The third-order valence-corrected chi connectivity index (χ3v) is 7.44. The van der Waals surface area contributed by atoms with Crippen molar-refractivity contribution in [3.05, 3.63) is 58.1 Å². The fourth-order valence-corrected chi connectivity index (χ4v) is 6.14. The number of benzene rings is 2. The standard InChI is InChI=1S/C31H40O3.C3H8/c1-7-9-24(26(8-2)29(33)15-22(6)32)16-23-17-28-27(25-13-19(3)12-20(4)14-25)11-10-21(5)31(28)30(34)18-23;1-3-2/h10-14,23-24,26H,7-9,15-18H2,1-6H3;3H2,1-2H3. The van der Waals surface area contributed by atoms with Crippen LogP contribution in [0, 0.1) is 38.5 Å². The summed E-state index contributed by atoms with van der Waals surface area (Å²) in [6.45, 7) is 16.2. The van der Waals surface area contributed by atoms with Crippen LogP contribution in [0.25, 0.3) is 11.1 Å². The van der Waals surface area contributed by atoms with Crippen molar-refractivity contribution >= 4 is 17.3 Å². The first-order valence-electron chi connectivity index (χ1n) is 14.3. The van der Waals surface area contributed by atoms with Crippen molar-refractivity contribution in [2.24, 2.45) is 17.8 Å². The van der Waals surface area contributed by atoms with E-state index in [1.54, 1.807) is 0 Å². The lowest BCUT2D eigenvalue weighted by molar-refractivity contribution is -0.129. The zero-order chi connectivity index (χ0) is 27.7. The average molecular weight is 505 g/mol. The Morgan fingerprint density at radius 3 is 2.11 bits per heavy atom. The number of hydrogen-bond acceptors (Lipinski definition) is 3. The van der Waals surface area contributed by atoms with Crippen LogP contribution < -0.4 is 0 Å². The van der Waals surface area contributed by atoms with Gasteiger partial charge in [0.1, 0.15) is 11.6 Å². The van der Waals surface area contributed by atoms with E-state index in [-0.39, 0.29) is 41.5 Å². The molecule has 0 aromatic heterocycles. The molecular formula is C34H48O3. The molecule has 1 aliphatic carbocycles. The molecule has 3 unspecified atom stereocenters. The minimum absolute atomic E-state index is 0.0290. The maximum atomic E-state index is 13.4. The van der Waals surface area contributed by atoms with Gasteiger partial charge in [0, 0.05) is 17.9 Å². The minimum Gasteiger partial charge on any atom is -0.300 e. The average Bonchev–Trinajstić information content (AvgIpc) is 2.79. The number of rotatable bonds is 10. The monoisotopic (exact) mass is 504 g/mol. The summed E-state index contributed by atoms with van der Waals surface area (Å²) in [5.74, 6) is 0.583. The van der Waals surface area contributed by atoms with Gasteiger partial charge in [-0.25, -0.2) is 0 Å². The van der Waals surface area contributed by atoms with Crippen LogP contribution in [0.3, 0.4) is 0 Å². The molecule has 37 heavy (non-hydrogen) atoms. The van der Waals surface area contributed by atoms with Crippen LogP contribution in [-0.2, 0) is 16.0 Å². The van der Waals surface area contributed by atoms with Crippen LogP contribution in [0.2, 0.25) is 0 Å². The van der Waals surface area contributed by atoms with Crippen molar-refractivity contribution in [2.75, 3.05) is 0 Å². The molecule has 3 nitrogen and oxygen atoms in total. The molecule has 0 saturated carbocycles. The highest BCUT2D eigenvalue weighted by molar-refractivity contribution is 6.02. The molecule has 0 heterocycles. The van der Waals surface area contributed by atoms with Crippen LogP contribution in [0.5, 0.6) is 0 Å². The third-order valence-electron chi connectivity index (χ3n) is 7.44. The van der Waals surface area contributed by atoms with Crippen molar-refractivity contribution < 1.29 is 14.4 Å². The molecule has 0 N–H and O–H groups in total. The molecule has 3 heteroatoms. The fourth-order valence-electron chi connectivity index (χ4n) is 6.14. The summed E-state index contributed by atoms with van der Waals surface area (Å²) in [6.07, 6.45) is 6.25. The minimum atomic E-state index is -0.100. The Morgan fingerprint density at radius 1 is 0.946 bits per heavy atom. The number of aryl methyl sites for hydroxylation is 3. The Kier molecular flexibility index (Phi) is 11.9. The van der Waals surface area contributed by atoms with Gasteiger partial charge in [-0.2, -0.15) is 0 Å². The number of Topliss-reactive ketones (excluding diaryl/α,β-unsaturated/α-hetero) is 3. The summed E-state index contributed by atoms with van der Waals surface area (Å²) in [7, 11) is 0. The van der Waals surface area contributed by atoms with E-state index in [0.717, 1.165) is 48.8 Å². The molecule has 0 radical (unpaired) electrons. The summed E-state index contributed by atoms with van der Waals surface area (Å²) < 4.78 is 0. The first-order chi connectivity index (χ1) is 17.6. The van der Waals surface area contributed by atoms with E-state index in [4.69, 9.17) is 0 Å². The van der Waals surface area contributed by atoms with Crippen LogP contribution in [-0.4, -0.2) is 17.3 Å². The fraction of sp³-hybridized carbons (Fsp3) is 0.559. The molecule has 2 aromatic carbocycles. The number of hydrogen-bond donors (Lipinski definition) is 0. The van der Waals surface area contributed by atoms with Crippen LogP contribution in [0.1, 0.15) is 112 Å². The highest BCUT2D eigenvalue weighted by atomic mass is 16.1. The van der Waals surface area contributed by atoms with Gasteiger partial charge in [-0.15, -0.1) is 0 Å². The molecule has 3 rings (SSSR count). The second-order valence-electron chi connectivity index (χ2n) is 11.2. The summed E-state index contributed by atoms with van der Waals surface area (Å²) in [4.78, 5) is 37.9. The van der Waals surface area contributed by atoms with E-state index in [2.05, 4.69) is 65.0 Å². The highest BCUT2D eigenvalue weighted by Gasteiger charge is 2.34. The first kappa shape index (κ1) is 30.7. The quantitative estimate of drug-likeness (QED) is 0.304. The molecule has 2 aromatic rings. The van der Waals surface area contributed by atoms with Gasteiger partial charge < -0.3 is 0 Å². The molecule has 202 valence electrons. The summed E-state index contributed by atoms with van der Waals surface area (Å²) in [6, 6.07) is 10.8. The first-order valence-corrected chi connectivity index (χ1v) is 14.3. The zero-order valence-corrected chi connectivity index (χ0v) is 24.5. The molecule has 3 atom stereocenters. The Morgan fingerprint density at radius 2 is 1.57 bits per heavy atom. The van der Waals surface area contributed by atoms with Crippen LogP contribution in [0.4, 0.5) is 0 Å². The number of ketones is 3. The molecule has 0 aliphatic heterocycles. The van der Waals surface area contributed by atoms with Gasteiger partial charge in [-0.1, -0.05) is 88.4 Å². The number of fused-ring (bicyclic) bond motifs is 1. The van der Waals surface area contributed by atoms with Crippen molar-refractivity contribution in [3.8, 4) is 11.1 Å². The normalized spacial score (nSPS) is 16.3. The van der Waals surface area contributed by atoms with E-state index in [0.29, 0.717) is 6.42 Å². The van der Waals surface area contributed by atoms with Crippen LogP contribution in [0.15, 0.2) is 30.3 Å². The van der Waals surface area contributed by atoms with Gasteiger partial charge >= 0.3 is 0 Å². The number of carbonyl (C=O) groups is 3. The van der Waals surface area contributed by atoms with Crippen LogP contribution >= 0.6 is 0 Å². The van der Waals surface area contributed by atoms with Gasteiger partial charge in [0.15, 0.2) is 5.78 Å². The number of carbonyl (C=O) groups excluding carboxylic acids is 3. The van der Waals surface area contributed by atoms with Gasteiger partial charge in [-0.3, -0.25) is 14.4 Å². The molecule has 0 fully saturated rings. The van der Waals surface area contributed by atoms with E-state index < -0.39 is 0 Å². The zero-order valence-electron chi connectivity index (χ0n) is 24.5. The van der Waals surface area contributed by atoms with E-state index in [9.17, 15) is 14.4 Å². The Hall–Kier alpha value is -2.55. The van der Waals surface area contributed by atoms with Gasteiger partial charge in [-0.05, 0) is 81.0 Å². The summed E-state index contributed by atoms with van der Waals surface area (Å²) in [5.41, 5.74) is 7.91. The molecule has 0 spiro atoms. The van der Waals surface area contributed by atoms with Gasteiger partial charge in [0.25, 0.3) is 0 Å². The topological polar surface area (TPSA) is 51.2 Å². The predicted octanol–water partition coefficient (Wildman–Crippen LogP) is 8.82.